The van der Waals surface area contributed by atoms with Gasteiger partial charge >= 0.3 is 0 Å². The van der Waals surface area contributed by atoms with Gasteiger partial charge in [-0.3, -0.25) is 4.79 Å². The van der Waals surface area contributed by atoms with Crippen LogP contribution in [0.2, 0.25) is 0 Å². The van der Waals surface area contributed by atoms with Gasteiger partial charge in [0.25, 0.3) is 5.91 Å². The van der Waals surface area contributed by atoms with Crippen LogP contribution < -0.4 is 10.5 Å². The average Bonchev–Trinajstić information content (AvgIpc) is 2.56. The Kier molecular flexibility index (Phi) is 6.53. The number of primary amides is 1. The lowest BCUT2D eigenvalue weighted by Gasteiger charge is -2.14. The number of nitrogens with two attached hydrogens (primary N) is 1. The number of ether oxygens (including phenoxy) is 1. The van der Waals surface area contributed by atoms with Gasteiger partial charge in [0.2, 0.25) is 0 Å². The van der Waals surface area contributed by atoms with Crippen LogP contribution in [-0.4, -0.2) is 12.5 Å². The second kappa shape index (κ2) is 8.62. The van der Waals surface area contributed by atoms with Crippen molar-refractivity contribution in [1.29, 1.82) is 5.26 Å². The molecule has 0 aromatic heterocycles. The third-order valence-corrected chi connectivity index (χ3v) is 4.41. The van der Waals surface area contributed by atoms with Crippen molar-refractivity contribution in [2.75, 3.05) is 6.61 Å². The molecule has 0 saturated heterocycles. The summed E-state index contributed by atoms with van der Waals surface area (Å²) in [6, 6.07) is 11.8. The molecule has 2 N–H and O–H groups in total. The number of rotatable bonds is 6. The third kappa shape index (κ3) is 5.03. The number of halogens is 2. The standard InChI is InChI=1S/C19H16FIN2O2/c1-2-25-18-10-13(6-14(11-22)19(23)24)9-17(21)16(18)8-12-4-3-5-15(20)7-12/h3-7,9-10H,2,8H2,1H3,(H2,23,24)/b14-6+. The lowest BCUT2D eigenvalue weighted by molar-refractivity contribution is -0.114. The van der Waals surface area contributed by atoms with Crippen LogP contribution in [0.4, 0.5) is 4.39 Å². The van der Waals surface area contributed by atoms with E-state index in [0.29, 0.717) is 24.3 Å². The van der Waals surface area contributed by atoms with E-state index < -0.39 is 5.91 Å². The molecule has 1 amide bonds. The number of carbonyl (C=O) groups excluding carboxylic acids is 1. The maximum Gasteiger partial charge on any atom is 0.259 e. The molecule has 2 rings (SSSR count). The van der Waals surface area contributed by atoms with Gasteiger partial charge in [-0.1, -0.05) is 12.1 Å². The lowest BCUT2D eigenvalue weighted by atomic mass is 10.0. The Morgan fingerprint density at radius 1 is 1.40 bits per heavy atom. The van der Waals surface area contributed by atoms with Crippen LogP contribution in [0.5, 0.6) is 5.75 Å². The van der Waals surface area contributed by atoms with Gasteiger partial charge in [0, 0.05) is 15.6 Å². The molecule has 0 bridgehead atoms. The van der Waals surface area contributed by atoms with Crippen molar-refractivity contribution in [3.05, 3.63) is 68.0 Å². The summed E-state index contributed by atoms with van der Waals surface area (Å²) in [7, 11) is 0. The first-order valence-corrected chi connectivity index (χ1v) is 8.63. The molecule has 0 heterocycles. The molecular formula is C19H16FIN2O2. The van der Waals surface area contributed by atoms with Crippen LogP contribution in [-0.2, 0) is 11.2 Å². The molecule has 2 aromatic carbocycles. The van der Waals surface area contributed by atoms with Gasteiger partial charge < -0.3 is 10.5 Å². The fraction of sp³-hybridized carbons (Fsp3) is 0.158. The van der Waals surface area contributed by atoms with Gasteiger partial charge in [0.15, 0.2) is 0 Å². The van der Waals surface area contributed by atoms with Crippen molar-refractivity contribution in [2.45, 2.75) is 13.3 Å². The second-order valence-corrected chi connectivity index (χ2v) is 6.42. The average molecular weight is 450 g/mol. The molecule has 0 atom stereocenters. The fourth-order valence-electron chi connectivity index (χ4n) is 2.35. The van der Waals surface area contributed by atoms with E-state index >= 15 is 0 Å². The van der Waals surface area contributed by atoms with Crippen LogP contribution >= 0.6 is 22.6 Å². The quantitative estimate of drug-likeness (QED) is 0.413. The Hall–Kier alpha value is -2.40. The molecule has 0 saturated carbocycles. The topological polar surface area (TPSA) is 76.1 Å². The highest BCUT2D eigenvalue weighted by Gasteiger charge is 2.13. The van der Waals surface area contributed by atoms with Gasteiger partial charge in [0.1, 0.15) is 23.2 Å². The van der Waals surface area contributed by atoms with E-state index in [1.54, 1.807) is 18.2 Å². The van der Waals surface area contributed by atoms with Crippen molar-refractivity contribution in [3.63, 3.8) is 0 Å². The van der Waals surface area contributed by atoms with E-state index in [1.807, 2.05) is 19.1 Å². The van der Waals surface area contributed by atoms with Crippen LogP contribution in [0.25, 0.3) is 6.08 Å². The van der Waals surface area contributed by atoms with E-state index in [4.69, 9.17) is 15.7 Å². The van der Waals surface area contributed by atoms with Crippen LogP contribution in [0, 0.1) is 20.7 Å². The number of benzene rings is 2. The molecular weight excluding hydrogens is 434 g/mol. The smallest absolute Gasteiger partial charge is 0.259 e. The molecule has 25 heavy (non-hydrogen) atoms. The Morgan fingerprint density at radius 2 is 2.16 bits per heavy atom. The molecule has 0 fully saturated rings. The van der Waals surface area contributed by atoms with E-state index in [1.165, 1.54) is 18.2 Å². The van der Waals surface area contributed by atoms with Gasteiger partial charge in [-0.15, -0.1) is 0 Å². The highest BCUT2D eigenvalue weighted by atomic mass is 127. The largest absolute Gasteiger partial charge is 0.494 e. The highest BCUT2D eigenvalue weighted by molar-refractivity contribution is 14.1. The molecule has 6 heteroatoms. The molecule has 2 aromatic rings. The van der Waals surface area contributed by atoms with Crippen molar-refractivity contribution < 1.29 is 13.9 Å². The number of carbonyl (C=O) groups is 1. The molecule has 0 unspecified atom stereocenters. The number of nitriles is 1. The number of amides is 1. The summed E-state index contributed by atoms with van der Waals surface area (Å²) in [6.07, 6.45) is 1.94. The van der Waals surface area contributed by atoms with Crippen LogP contribution in [0.1, 0.15) is 23.6 Å². The summed E-state index contributed by atoms with van der Waals surface area (Å²) in [5, 5.41) is 8.99. The van der Waals surface area contributed by atoms with Gasteiger partial charge in [-0.25, -0.2) is 4.39 Å². The minimum atomic E-state index is -0.778. The van der Waals surface area contributed by atoms with Crippen molar-refractivity contribution >= 4 is 34.6 Å². The van der Waals surface area contributed by atoms with E-state index in [0.717, 1.165) is 14.7 Å². The monoisotopic (exact) mass is 450 g/mol. The maximum absolute atomic E-state index is 13.4. The van der Waals surface area contributed by atoms with Crippen LogP contribution in [0.15, 0.2) is 42.0 Å². The van der Waals surface area contributed by atoms with Crippen molar-refractivity contribution in [1.82, 2.24) is 0 Å². The Bertz CT molecular complexity index is 872. The summed E-state index contributed by atoms with van der Waals surface area (Å²) < 4.78 is 20.0. The van der Waals surface area contributed by atoms with E-state index in [9.17, 15) is 9.18 Å². The SMILES string of the molecule is CCOc1cc(/C=C(\C#N)C(N)=O)cc(I)c1Cc1cccc(F)c1. The lowest BCUT2D eigenvalue weighted by Crippen LogP contribution is -2.12. The Morgan fingerprint density at radius 3 is 2.76 bits per heavy atom. The normalized spacial score (nSPS) is 11.0. The maximum atomic E-state index is 13.4. The zero-order chi connectivity index (χ0) is 18.4. The van der Waals surface area contributed by atoms with Gasteiger partial charge in [-0.05, 0) is 71.0 Å². The summed E-state index contributed by atoms with van der Waals surface area (Å²) in [5.74, 6) is -0.434. The molecule has 128 valence electrons. The highest BCUT2D eigenvalue weighted by Crippen LogP contribution is 2.30. The Balaban J connectivity index is 2.47. The number of hydrogen-bond donors (Lipinski definition) is 1. The zero-order valence-electron chi connectivity index (χ0n) is 13.6. The minimum absolute atomic E-state index is 0.129. The summed E-state index contributed by atoms with van der Waals surface area (Å²) >= 11 is 2.16. The summed E-state index contributed by atoms with van der Waals surface area (Å²) in [4.78, 5) is 11.2. The van der Waals surface area contributed by atoms with Crippen LogP contribution in [0.3, 0.4) is 0 Å². The number of nitrogens with zero attached hydrogens (tertiary/aromatic N) is 1. The summed E-state index contributed by atoms with van der Waals surface area (Å²) in [6.45, 7) is 2.33. The van der Waals surface area contributed by atoms with E-state index in [2.05, 4.69) is 22.6 Å². The van der Waals surface area contributed by atoms with Crippen molar-refractivity contribution in [2.24, 2.45) is 5.73 Å². The predicted octanol–water partition coefficient (Wildman–Crippen LogP) is 3.81. The van der Waals surface area contributed by atoms with Gasteiger partial charge in [0.05, 0.1) is 6.61 Å². The number of hydrogen-bond acceptors (Lipinski definition) is 3. The first-order chi connectivity index (χ1) is 11.9. The Labute approximate surface area is 159 Å². The van der Waals surface area contributed by atoms with Gasteiger partial charge in [-0.2, -0.15) is 5.26 Å². The first-order valence-electron chi connectivity index (χ1n) is 7.55. The third-order valence-electron chi connectivity index (χ3n) is 3.44. The zero-order valence-corrected chi connectivity index (χ0v) is 15.7. The first kappa shape index (κ1) is 18.9. The molecule has 0 spiro atoms. The fourth-order valence-corrected chi connectivity index (χ4v) is 3.16. The van der Waals surface area contributed by atoms with E-state index in [-0.39, 0.29) is 11.4 Å². The molecule has 0 aliphatic carbocycles. The summed E-state index contributed by atoms with van der Waals surface area (Å²) in [5.41, 5.74) is 7.44. The molecule has 4 nitrogen and oxygen atoms in total. The predicted molar refractivity (Wildman–Crippen MR) is 102 cm³/mol. The molecule has 0 radical (unpaired) electrons. The van der Waals surface area contributed by atoms with Crippen molar-refractivity contribution in [3.8, 4) is 11.8 Å². The second-order valence-electron chi connectivity index (χ2n) is 5.25. The molecule has 0 aliphatic heterocycles. The molecule has 0 aliphatic rings. The minimum Gasteiger partial charge on any atom is -0.494 e.